The fourth-order valence-corrected chi connectivity index (χ4v) is 2.00. The number of nitrogens with two attached hydrogens (primary N) is 1. The monoisotopic (exact) mass is 250 g/mol. The molecule has 2 aromatic carbocycles. The van der Waals surface area contributed by atoms with Crippen molar-refractivity contribution < 1.29 is 4.79 Å². The molecule has 0 saturated heterocycles. The van der Waals surface area contributed by atoms with Gasteiger partial charge in [-0.3, -0.25) is 0 Å². The molecular weight excluding hydrogens is 241 g/mol. The first-order valence-corrected chi connectivity index (χ1v) is 5.04. The van der Waals surface area contributed by atoms with Crippen molar-refractivity contribution >= 4 is 37.2 Å². The Morgan fingerprint density at radius 2 is 1.71 bits per heavy atom. The van der Waals surface area contributed by atoms with Gasteiger partial charge in [0, 0.05) is 0 Å². The topological polar surface area (TPSA) is 43.1 Å². The first kappa shape index (κ1) is 9.25. The molecule has 0 bridgehead atoms. The van der Waals surface area contributed by atoms with E-state index in [1.165, 1.54) is 0 Å². The number of carbonyl (C=O) groups is 1. The zero-order valence-electron chi connectivity index (χ0n) is 7.36. The first-order valence-electron chi connectivity index (χ1n) is 4.18. The van der Waals surface area contributed by atoms with Crippen LogP contribution in [0.1, 0.15) is 10.4 Å². The summed E-state index contributed by atoms with van der Waals surface area (Å²) >= 11 is 2.96. The van der Waals surface area contributed by atoms with Crippen LogP contribution in [0.5, 0.6) is 0 Å². The molecule has 2 aromatic rings. The molecule has 14 heavy (non-hydrogen) atoms. The van der Waals surface area contributed by atoms with Crippen LogP contribution in [0.3, 0.4) is 0 Å². The van der Waals surface area contributed by atoms with E-state index in [-0.39, 0.29) is 5.91 Å². The Hall–Kier alpha value is -1.31. The summed E-state index contributed by atoms with van der Waals surface area (Å²) in [6.07, 6.45) is 0. The van der Waals surface area contributed by atoms with Crippen LogP contribution in [-0.2, 0) is 0 Å². The van der Waals surface area contributed by atoms with Crippen molar-refractivity contribution in [2.45, 2.75) is 0 Å². The van der Waals surface area contributed by atoms with E-state index in [0.29, 0.717) is 5.56 Å². The van der Waals surface area contributed by atoms with Crippen molar-refractivity contribution in [1.82, 2.24) is 0 Å². The average Bonchev–Trinajstić information content (AvgIpc) is 2.18. The summed E-state index contributed by atoms with van der Waals surface area (Å²) in [5.41, 5.74) is 5.85. The van der Waals surface area contributed by atoms with E-state index < -0.39 is 0 Å². The second-order valence-electron chi connectivity index (χ2n) is 3.02. The van der Waals surface area contributed by atoms with Crippen molar-refractivity contribution in [3.8, 4) is 0 Å². The Kier molecular flexibility index (Phi) is 2.28. The quantitative estimate of drug-likeness (QED) is 0.744. The molecule has 0 aliphatic rings. The Labute approximate surface area is 89.9 Å². The Bertz CT molecular complexity index is 508. The van der Waals surface area contributed by atoms with Gasteiger partial charge in [0.15, 0.2) is 0 Å². The number of fused-ring (bicyclic) bond motifs is 1. The maximum atomic E-state index is 11.1. The average molecular weight is 249 g/mol. The van der Waals surface area contributed by atoms with Gasteiger partial charge in [-0.2, -0.15) is 0 Å². The van der Waals surface area contributed by atoms with Crippen LogP contribution >= 0.6 is 0 Å². The van der Waals surface area contributed by atoms with Gasteiger partial charge in [-0.15, -0.1) is 0 Å². The van der Waals surface area contributed by atoms with Gasteiger partial charge in [0.1, 0.15) is 0 Å². The molecule has 3 heteroatoms. The van der Waals surface area contributed by atoms with E-state index in [4.69, 9.17) is 5.73 Å². The van der Waals surface area contributed by atoms with E-state index in [9.17, 15) is 4.79 Å². The Balaban J connectivity index is 2.88. The van der Waals surface area contributed by atoms with Gasteiger partial charge in [0.05, 0.1) is 0 Å². The van der Waals surface area contributed by atoms with E-state index in [2.05, 4.69) is 16.0 Å². The molecule has 0 unspecified atom stereocenters. The molecule has 69 valence electrons. The number of hydrogen-bond acceptors (Lipinski definition) is 1. The normalized spacial score (nSPS) is 10.3. The van der Waals surface area contributed by atoms with E-state index in [1.807, 2.05) is 30.3 Å². The molecule has 0 heterocycles. The van der Waals surface area contributed by atoms with Crippen molar-refractivity contribution in [2.24, 2.45) is 5.73 Å². The molecule has 0 aliphatic heterocycles. The SMILES string of the molecule is NC(=O)c1ccc([Se])c2ccccc12. The number of benzene rings is 2. The van der Waals surface area contributed by atoms with E-state index in [0.717, 1.165) is 15.2 Å². The predicted molar refractivity (Wildman–Crippen MR) is 57.9 cm³/mol. The molecule has 2 N–H and O–H groups in total. The van der Waals surface area contributed by atoms with Gasteiger partial charge in [0.25, 0.3) is 0 Å². The van der Waals surface area contributed by atoms with E-state index in [1.54, 1.807) is 6.07 Å². The van der Waals surface area contributed by atoms with Crippen LogP contribution in [0.2, 0.25) is 0 Å². The number of amides is 1. The minimum atomic E-state index is -0.388. The minimum absolute atomic E-state index is 0.388. The van der Waals surface area contributed by atoms with Crippen LogP contribution in [0, 0.1) is 0 Å². The second-order valence-corrected chi connectivity index (χ2v) is 3.94. The van der Waals surface area contributed by atoms with Gasteiger partial charge in [0.2, 0.25) is 0 Å². The third kappa shape index (κ3) is 1.41. The number of rotatable bonds is 1. The fraction of sp³-hybridized carbons (Fsp3) is 0. The second kappa shape index (κ2) is 3.45. The molecular formula is C11H8NOSe. The van der Waals surface area contributed by atoms with Gasteiger partial charge in [-0.05, 0) is 0 Å². The third-order valence-corrected chi connectivity index (χ3v) is 2.90. The Morgan fingerprint density at radius 3 is 2.36 bits per heavy atom. The zero-order valence-corrected chi connectivity index (χ0v) is 9.07. The van der Waals surface area contributed by atoms with Crippen molar-refractivity contribution in [1.29, 1.82) is 0 Å². The Morgan fingerprint density at radius 1 is 1.07 bits per heavy atom. The van der Waals surface area contributed by atoms with Gasteiger partial charge >= 0.3 is 89.6 Å². The molecule has 0 aliphatic carbocycles. The summed E-state index contributed by atoms with van der Waals surface area (Å²) in [5, 5.41) is 1.93. The zero-order chi connectivity index (χ0) is 10.1. The molecule has 2 rings (SSSR count). The summed E-state index contributed by atoms with van der Waals surface area (Å²) in [6.45, 7) is 0. The van der Waals surface area contributed by atoms with E-state index >= 15 is 0 Å². The van der Waals surface area contributed by atoms with Crippen LogP contribution in [0.4, 0.5) is 0 Å². The number of hydrogen-bond donors (Lipinski definition) is 1. The molecule has 0 spiro atoms. The third-order valence-electron chi connectivity index (χ3n) is 2.15. The summed E-state index contributed by atoms with van der Waals surface area (Å²) in [4.78, 5) is 11.1. The van der Waals surface area contributed by atoms with Gasteiger partial charge in [-0.25, -0.2) is 0 Å². The van der Waals surface area contributed by atoms with Gasteiger partial charge < -0.3 is 0 Å². The first-order chi connectivity index (χ1) is 6.70. The van der Waals surface area contributed by atoms with Crippen LogP contribution in [0.15, 0.2) is 36.4 Å². The maximum absolute atomic E-state index is 11.1. The van der Waals surface area contributed by atoms with Crippen molar-refractivity contribution in [3.63, 3.8) is 0 Å². The number of primary amides is 1. The molecule has 0 saturated carbocycles. The summed E-state index contributed by atoms with van der Waals surface area (Å²) in [6, 6.07) is 11.3. The summed E-state index contributed by atoms with van der Waals surface area (Å²) in [5.74, 6) is -0.388. The molecule has 0 fully saturated rings. The van der Waals surface area contributed by atoms with Crippen LogP contribution in [-0.4, -0.2) is 21.9 Å². The van der Waals surface area contributed by atoms with Crippen LogP contribution in [0.25, 0.3) is 10.8 Å². The summed E-state index contributed by atoms with van der Waals surface area (Å²) < 4.78 is 1.03. The number of carbonyl (C=O) groups excluding carboxylic acids is 1. The predicted octanol–water partition coefficient (Wildman–Crippen LogP) is 0.732. The molecule has 1 radical (unpaired) electrons. The van der Waals surface area contributed by atoms with Gasteiger partial charge in [-0.1, -0.05) is 0 Å². The fourth-order valence-electron chi connectivity index (χ4n) is 1.49. The van der Waals surface area contributed by atoms with Crippen LogP contribution < -0.4 is 10.2 Å². The molecule has 0 atom stereocenters. The summed E-state index contributed by atoms with van der Waals surface area (Å²) in [7, 11) is 0. The molecule has 2 nitrogen and oxygen atoms in total. The van der Waals surface area contributed by atoms with Crippen molar-refractivity contribution in [2.75, 3.05) is 0 Å². The molecule has 1 amide bonds. The molecule has 0 aromatic heterocycles. The van der Waals surface area contributed by atoms with Crippen molar-refractivity contribution in [3.05, 3.63) is 42.0 Å². The standard InChI is InChI=1S/C11H8NOSe/c12-11(13)9-5-6-10(14)8-4-2-1-3-7(8)9/h1-6H,(H2,12,13).